The molecule has 1 aromatic carbocycles. The largest absolute Gasteiger partial charge is 0.399 e. The summed E-state index contributed by atoms with van der Waals surface area (Å²) >= 11 is 0. The van der Waals surface area contributed by atoms with Crippen molar-refractivity contribution in [2.45, 2.75) is 32.7 Å². The van der Waals surface area contributed by atoms with Crippen molar-refractivity contribution >= 4 is 22.7 Å². The van der Waals surface area contributed by atoms with Gasteiger partial charge in [-0.15, -0.1) is 0 Å². The van der Waals surface area contributed by atoms with Crippen molar-refractivity contribution < 1.29 is 0 Å². The summed E-state index contributed by atoms with van der Waals surface area (Å²) < 4.78 is 0. The van der Waals surface area contributed by atoms with Crippen molar-refractivity contribution in [3.05, 3.63) is 18.2 Å². The number of nitrogens with zero attached hydrogens (tertiary/aromatic N) is 2. The van der Waals surface area contributed by atoms with E-state index in [1.807, 2.05) is 18.2 Å². The molecule has 1 aliphatic rings. The number of aromatic nitrogens is 2. The van der Waals surface area contributed by atoms with Gasteiger partial charge < -0.3 is 15.6 Å². The first-order valence-corrected chi connectivity index (χ1v) is 6.65. The Hall–Kier alpha value is -1.71. The van der Waals surface area contributed by atoms with E-state index in [-0.39, 0.29) is 0 Å². The molecule has 1 aromatic heterocycles. The van der Waals surface area contributed by atoms with E-state index < -0.39 is 0 Å². The van der Waals surface area contributed by atoms with Crippen LogP contribution in [0, 0.1) is 5.92 Å². The second-order valence-corrected chi connectivity index (χ2v) is 5.53. The molecule has 1 heterocycles. The Labute approximate surface area is 107 Å². The maximum absolute atomic E-state index is 5.80. The molecule has 0 unspecified atom stereocenters. The van der Waals surface area contributed by atoms with Crippen LogP contribution in [-0.2, 0) is 0 Å². The van der Waals surface area contributed by atoms with Gasteiger partial charge in [0, 0.05) is 18.3 Å². The van der Waals surface area contributed by atoms with Crippen molar-refractivity contribution in [1.82, 2.24) is 9.97 Å². The Bertz CT molecular complexity index is 554. The Morgan fingerprint density at radius 1 is 1.44 bits per heavy atom. The summed E-state index contributed by atoms with van der Waals surface area (Å²) in [6.07, 6.45) is 2.72. The molecule has 2 aromatic rings. The highest BCUT2D eigenvalue weighted by atomic mass is 15.3. The Morgan fingerprint density at radius 3 is 2.89 bits per heavy atom. The zero-order valence-corrected chi connectivity index (χ0v) is 11.0. The van der Waals surface area contributed by atoms with E-state index in [1.54, 1.807) is 0 Å². The Morgan fingerprint density at radius 2 is 2.22 bits per heavy atom. The van der Waals surface area contributed by atoms with Gasteiger partial charge in [0.2, 0.25) is 5.95 Å². The van der Waals surface area contributed by atoms with Crippen LogP contribution in [0.3, 0.4) is 0 Å². The fraction of sp³-hybridized carbons (Fsp3) is 0.500. The molecule has 0 radical (unpaired) electrons. The molecule has 0 amide bonds. The van der Waals surface area contributed by atoms with Crippen LogP contribution >= 0.6 is 0 Å². The maximum Gasteiger partial charge on any atom is 0.204 e. The minimum Gasteiger partial charge on any atom is -0.399 e. The van der Waals surface area contributed by atoms with Gasteiger partial charge in [-0.05, 0) is 50.8 Å². The molecule has 4 heteroatoms. The lowest BCUT2D eigenvalue weighted by Gasteiger charge is -2.26. The number of H-pyrrole nitrogens is 1. The normalized spacial score (nSPS) is 15.5. The lowest BCUT2D eigenvalue weighted by Crippen LogP contribution is -2.33. The molecule has 1 aliphatic carbocycles. The van der Waals surface area contributed by atoms with Gasteiger partial charge in [0.15, 0.2) is 0 Å². The number of imidazole rings is 1. The Kier molecular flexibility index (Phi) is 2.65. The molecule has 0 aliphatic heterocycles. The number of anilines is 2. The van der Waals surface area contributed by atoms with Gasteiger partial charge in [0.25, 0.3) is 0 Å². The molecule has 1 saturated carbocycles. The molecule has 3 rings (SSSR count). The monoisotopic (exact) mass is 244 g/mol. The standard InChI is InChI=1S/C14H20N4/c1-9(2)18(8-10-3-4-10)14-16-12-6-5-11(15)7-13(12)17-14/h5-7,9-10H,3-4,8,15H2,1-2H3,(H,16,17). The molecule has 0 atom stereocenters. The van der Waals surface area contributed by atoms with E-state index in [0.29, 0.717) is 6.04 Å². The number of aromatic amines is 1. The fourth-order valence-corrected chi connectivity index (χ4v) is 2.27. The molecule has 96 valence electrons. The van der Waals surface area contributed by atoms with Gasteiger partial charge in [0.05, 0.1) is 11.0 Å². The summed E-state index contributed by atoms with van der Waals surface area (Å²) in [6.45, 7) is 5.53. The highest BCUT2D eigenvalue weighted by Gasteiger charge is 2.27. The zero-order chi connectivity index (χ0) is 12.7. The van der Waals surface area contributed by atoms with E-state index in [2.05, 4.69) is 28.7 Å². The van der Waals surface area contributed by atoms with Crippen molar-refractivity contribution in [2.24, 2.45) is 5.92 Å². The smallest absolute Gasteiger partial charge is 0.204 e. The summed E-state index contributed by atoms with van der Waals surface area (Å²) in [5, 5.41) is 0. The number of hydrogen-bond acceptors (Lipinski definition) is 3. The Balaban J connectivity index is 1.94. The predicted octanol–water partition coefficient (Wildman–Crippen LogP) is 2.77. The van der Waals surface area contributed by atoms with Gasteiger partial charge in [-0.1, -0.05) is 0 Å². The van der Waals surface area contributed by atoms with Crippen LogP contribution < -0.4 is 10.6 Å². The van der Waals surface area contributed by atoms with Gasteiger partial charge >= 0.3 is 0 Å². The number of nitrogens with two attached hydrogens (primary N) is 1. The molecule has 0 spiro atoms. The molecule has 0 bridgehead atoms. The molecular formula is C14H20N4. The number of hydrogen-bond donors (Lipinski definition) is 2. The highest BCUT2D eigenvalue weighted by molar-refractivity contribution is 5.80. The highest BCUT2D eigenvalue weighted by Crippen LogP contribution is 2.32. The van der Waals surface area contributed by atoms with E-state index in [9.17, 15) is 0 Å². The zero-order valence-electron chi connectivity index (χ0n) is 11.0. The SMILES string of the molecule is CC(C)N(CC1CC1)c1nc2ccc(N)cc2[nH]1. The summed E-state index contributed by atoms with van der Waals surface area (Å²) in [5.74, 6) is 1.82. The first-order valence-electron chi connectivity index (χ1n) is 6.65. The third kappa shape index (κ3) is 2.15. The molecular weight excluding hydrogens is 224 g/mol. The van der Waals surface area contributed by atoms with Gasteiger partial charge in [0.1, 0.15) is 0 Å². The van der Waals surface area contributed by atoms with Gasteiger partial charge in [-0.2, -0.15) is 0 Å². The van der Waals surface area contributed by atoms with Crippen LogP contribution in [0.4, 0.5) is 11.6 Å². The lowest BCUT2D eigenvalue weighted by atomic mass is 10.3. The molecule has 3 N–H and O–H groups in total. The molecule has 0 saturated heterocycles. The molecule has 4 nitrogen and oxygen atoms in total. The predicted molar refractivity (Wildman–Crippen MR) is 75.7 cm³/mol. The number of rotatable bonds is 4. The van der Waals surface area contributed by atoms with Crippen molar-refractivity contribution in [1.29, 1.82) is 0 Å². The van der Waals surface area contributed by atoms with Crippen LogP contribution in [0.25, 0.3) is 11.0 Å². The minimum atomic E-state index is 0.462. The number of nitrogen functional groups attached to an aromatic ring is 1. The van der Waals surface area contributed by atoms with E-state index >= 15 is 0 Å². The summed E-state index contributed by atoms with van der Waals surface area (Å²) in [4.78, 5) is 10.4. The van der Waals surface area contributed by atoms with Crippen molar-refractivity contribution in [2.75, 3.05) is 17.2 Å². The van der Waals surface area contributed by atoms with Gasteiger partial charge in [-0.25, -0.2) is 4.98 Å². The van der Waals surface area contributed by atoms with Crippen LogP contribution in [0.5, 0.6) is 0 Å². The third-order valence-corrected chi connectivity index (χ3v) is 3.54. The number of benzene rings is 1. The van der Waals surface area contributed by atoms with Crippen LogP contribution in [0.2, 0.25) is 0 Å². The molecule has 18 heavy (non-hydrogen) atoms. The first-order chi connectivity index (χ1) is 8.63. The number of nitrogens with one attached hydrogen (secondary N) is 1. The molecule has 1 fully saturated rings. The first kappa shape index (κ1) is 11.4. The van der Waals surface area contributed by atoms with Crippen LogP contribution in [-0.4, -0.2) is 22.6 Å². The maximum atomic E-state index is 5.80. The van der Waals surface area contributed by atoms with E-state index in [1.165, 1.54) is 12.8 Å². The van der Waals surface area contributed by atoms with E-state index in [0.717, 1.165) is 35.1 Å². The second kappa shape index (κ2) is 4.19. The fourth-order valence-electron chi connectivity index (χ4n) is 2.27. The van der Waals surface area contributed by atoms with E-state index in [4.69, 9.17) is 5.73 Å². The average molecular weight is 244 g/mol. The summed E-state index contributed by atoms with van der Waals surface area (Å²) in [6, 6.07) is 6.28. The topological polar surface area (TPSA) is 57.9 Å². The van der Waals surface area contributed by atoms with Crippen LogP contribution in [0.1, 0.15) is 26.7 Å². The van der Waals surface area contributed by atoms with Crippen molar-refractivity contribution in [3.63, 3.8) is 0 Å². The number of fused-ring (bicyclic) bond motifs is 1. The van der Waals surface area contributed by atoms with Crippen molar-refractivity contribution in [3.8, 4) is 0 Å². The average Bonchev–Trinajstić information content (AvgIpc) is 3.04. The second-order valence-electron chi connectivity index (χ2n) is 5.53. The quantitative estimate of drug-likeness (QED) is 0.813. The van der Waals surface area contributed by atoms with Gasteiger partial charge in [-0.3, -0.25) is 0 Å². The lowest BCUT2D eigenvalue weighted by molar-refractivity contribution is 0.631. The summed E-state index contributed by atoms with van der Waals surface area (Å²) in [7, 11) is 0. The summed E-state index contributed by atoms with van der Waals surface area (Å²) in [5.41, 5.74) is 8.58. The third-order valence-electron chi connectivity index (χ3n) is 3.54. The van der Waals surface area contributed by atoms with Crippen LogP contribution in [0.15, 0.2) is 18.2 Å². The minimum absolute atomic E-state index is 0.462.